The number of hydrogen-bond acceptors (Lipinski definition) is 3. The van der Waals surface area contributed by atoms with Gasteiger partial charge in [-0.3, -0.25) is 4.90 Å². The van der Waals surface area contributed by atoms with Crippen molar-refractivity contribution in [2.24, 2.45) is 11.7 Å². The van der Waals surface area contributed by atoms with Gasteiger partial charge >= 0.3 is 0 Å². The van der Waals surface area contributed by atoms with Crippen LogP contribution in [0.3, 0.4) is 0 Å². The fraction of sp³-hybridized carbons (Fsp3) is 0.647. The number of rotatable bonds is 3. The van der Waals surface area contributed by atoms with Gasteiger partial charge in [-0.25, -0.2) is 0 Å². The number of nitrogens with two attached hydrogens (primary N) is 1. The normalized spacial score (nSPS) is 28.9. The van der Waals surface area contributed by atoms with Crippen LogP contribution in [0.25, 0.3) is 0 Å². The highest BCUT2D eigenvalue weighted by Gasteiger charge is 2.30. The molecule has 1 aromatic rings. The van der Waals surface area contributed by atoms with Gasteiger partial charge in [-0.05, 0) is 55.8 Å². The van der Waals surface area contributed by atoms with E-state index in [4.69, 9.17) is 10.5 Å². The summed E-state index contributed by atoms with van der Waals surface area (Å²) in [6.45, 7) is 3.75. The summed E-state index contributed by atoms with van der Waals surface area (Å²) in [7, 11) is 2.22. The largest absolute Gasteiger partial charge is 0.381 e. The van der Waals surface area contributed by atoms with E-state index >= 15 is 0 Å². The van der Waals surface area contributed by atoms with Gasteiger partial charge < -0.3 is 10.5 Å². The Morgan fingerprint density at radius 3 is 2.70 bits per heavy atom. The molecule has 2 atom stereocenters. The summed E-state index contributed by atoms with van der Waals surface area (Å²) in [6, 6.07) is 9.76. The first kappa shape index (κ1) is 14.1. The summed E-state index contributed by atoms with van der Waals surface area (Å²) in [5.41, 5.74) is 8.80. The molecule has 110 valence electrons. The molecule has 2 saturated heterocycles. The SMILES string of the molecule is CN1CC(CN)CC1c1cccc(C2CCOCC2)c1. The molecule has 2 fully saturated rings. The molecule has 20 heavy (non-hydrogen) atoms. The van der Waals surface area contributed by atoms with Crippen molar-refractivity contribution < 1.29 is 4.74 Å². The van der Waals surface area contributed by atoms with Crippen LogP contribution in [-0.2, 0) is 4.74 Å². The van der Waals surface area contributed by atoms with Crippen molar-refractivity contribution in [2.75, 3.05) is 33.4 Å². The van der Waals surface area contributed by atoms with Crippen LogP contribution in [0.15, 0.2) is 24.3 Å². The topological polar surface area (TPSA) is 38.5 Å². The van der Waals surface area contributed by atoms with E-state index < -0.39 is 0 Å². The Morgan fingerprint density at radius 1 is 1.25 bits per heavy atom. The van der Waals surface area contributed by atoms with E-state index in [0.717, 1.165) is 39.1 Å². The third-order valence-electron chi connectivity index (χ3n) is 4.96. The van der Waals surface area contributed by atoms with Crippen LogP contribution in [0.2, 0.25) is 0 Å². The van der Waals surface area contributed by atoms with Crippen LogP contribution in [-0.4, -0.2) is 38.3 Å². The molecule has 3 nitrogen and oxygen atoms in total. The Kier molecular flexibility index (Phi) is 4.39. The van der Waals surface area contributed by atoms with Crippen molar-refractivity contribution in [3.8, 4) is 0 Å². The summed E-state index contributed by atoms with van der Waals surface area (Å²) in [5.74, 6) is 1.33. The maximum absolute atomic E-state index is 5.84. The quantitative estimate of drug-likeness (QED) is 0.920. The fourth-order valence-corrected chi connectivity index (χ4v) is 3.72. The highest BCUT2D eigenvalue weighted by Crippen LogP contribution is 2.35. The summed E-state index contributed by atoms with van der Waals surface area (Å²) in [5, 5.41) is 0. The molecular weight excluding hydrogens is 248 g/mol. The lowest BCUT2D eigenvalue weighted by molar-refractivity contribution is 0.0853. The predicted molar refractivity (Wildman–Crippen MR) is 81.8 cm³/mol. The first-order chi connectivity index (χ1) is 9.78. The minimum Gasteiger partial charge on any atom is -0.381 e. The van der Waals surface area contributed by atoms with Crippen LogP contribution in [0, 0.1) is 5.92 Å². The Hall–Kier alpha value is -0.900. The van der Waals surface area contributed by atoms with E-state index in [-0.39, 0.29) is 0 Å². The van der Waals surface area contributed by atoms with E-state index in [2.05, 4.69) is 36.2 Å². The molecular formula is C17H26N2O. The number of hydrogen-bond donors (Lipinski definition) is 1. The Labute approximate surface area is 122 Å². The number of ether oxygens (including phenoxy) is 1. The molecule has 0 radical (unpaired) electrons. The average molecular weight is 274 g/mol. The number of nitrogens with zero attached hydrogens (tertiary/aromatic N) is 1. The van der Waals surface area contributed by atoms with Crippen LogP contribution >= 0.6 is 0 Å². The van der Waals surface area contributed by atoms with E-state index in [9.17, 15) is 0 Å². The Bertz CT molecular complexity index is 442. The number of likely N-dealkylation sites (tertiary alicyclic amines) is 1. The van der Waals surface area contributed by atoms with Crippen molar-refractivity contribution in [3.05, 3.63) is 35.4 Å². The van der Waals surface area contributed by atoms with Crippen molar-refractivity contribution in [2.45, 2.75) is 31.2 Å². The lowest BCUT2D eigenvalue weighted by Gasteiger charge is -2.25. The summed E-state index contributed by atoms with van der Waals surface area (Å²) >= 11 is 0. The zero-order valence-electron chi connectivity index (χ0n) is 12.4. The summed E-state index contributed by atoms with van der Waals surface area (Å²) < 4.78 is 5.47. The van der Waals surface area contributed by atoms with Crippen LogP contribution < -0.4 is 5.73 Å². The van der Waals surface area contributed by atoms with Gasteiger partial charge in [0.1, 0.15) is 0 Å². The lowest BCUT2D eigenvalue weighted by Crippen LogP contribution is -2.20. The molecule has 0 aromatic heterocycles. The zero-order chi connectivity index (χ0) is 13.9. The maximum atomic E-state index is 5.84. The van der Waals surface area contributed by atoms with Gasteiger partial charge in [0.15, 0.2) is 0 Å². The molecule has 0 bridgehead atoms. The van der Waals surface area contributed by atoms with Gasteiger partial charge in [0.05, 0.1) is 0 Å². The highest BCUT2D eigenvalue weighted by atomic mass is 16.5. The van der Waals surface area contributed by atoms with Crippen molar-refractivity contribution in [1.82, 2.24) is 4.90 Å². The molecule has 1 aromatic carbocycles. The van der Waals surface area contributed by atoms with E-state index in [1.165, 1.54) is 17.5 Å². The molecule has 2 aliphatic rings. The second-order valence-electron chi connectivity index (χ2n) is 6.35. The second-order valence-corrected chi connectivity index (χ2v) is 6.35. The summed E-state index contributed by atoms with van der Waals surface area (Å²) in [4.78, 5) is 2.46. The standard InChI is InChI=1S/C17H26N2O/c1-19-12-13(11-18)9-17(19)16-4-2-3-15(10-16)14-5-7-20-8-6-14/h2-4,10,13-14,17H,5-9,11-12,18H2,1H3. The molecule has 3 rings (SSSR count). The molecule has 2 N–H and O–H groups in total. The van der Waals surface area contributed by atoms with Gasteiger partial charge in [0, 0.05) is 25.8 Å². The lowest BCUT2D eigenvalue weighted by atomic mass is 9.89. The Morgan fingerprint density at radius 2 is 2.00 bits per heavy atom. The highest BCUT2D eigenvalue weighted by molar-refractivity contribution is 5.29. The van der Waals surface area contributed by atoms with Gasteiger partial charge in [-0.1, -0.05) is 24.3 Å². The molecule has 0 amide bonds. The Balaban J connectivity index is 1.77. The van der Waals surface area contributed by atoms with Gasteiger partial charge in [0.25, 0.3) is 0 Å². The van der Waals surface area contributed by atoms with Crippen LogP contribution in [0.5, 0.6) is 0 Å². The monoisotopic (exact) mass is 274 g/mol. The van der Waals surface area contributed by atoms with E-state index in [0.29, 0.717) is 17.9 Å². The molecule has 2 heterocycles. The first-order valence-corrected chi connectivity index (χ1v) is 7.86. The van der Waals surface area contributed by atoms with E-state index in [1.807, 2.05) is 0 Å². The van der Waals surface area contributed by atoms with Crippen molar-refractivity contribution >= 4 is 0 Å². The molecule has 3 heteroatoms. The average Bonchev–Trinajstić information content (AvgIpc) is 2.89. The van der Waals surface area contributed by atoms with Gasteiger partial charge in [-0.2, -0.15) is 0 Å². The van der Waals surface area contributed by atoms with Crippen molar-refractivity contribution in [3.63, 3.8) is 0 Å². The van der Waals surface area contributed by atoms with Gasteiger partial charge in [0.2, 0.25) is 0 Å². The number of benzene rings is 1. The minimum absolute atomic E-state index is 0.545. The van der Waals surface area contributed by atoms with Crippen LogP contribution in [0.1, 0.15) is 42.3 Å². The van der Waals surface area contributed by atoms with E-state index in [1.54, 1.807) is 0 Å². The summed E-state index contributed by atoms with van der Waals surface area (Å²) in [6.07, 6.45) is 3.52. The third-order valence-corrected chi connectivity index (χ3v) is 4.96. The molecule has 0 spiro atoms. The fourth-order valence-electron chi connectivity index (χ4n) is 3.72. The zero-order valence-corrected chi connectivity index (χ0v) is 12.4. The first-order valence-electron chi connectivity index (χ1n) is 7.86. The molecule has 0 aliphatic carbocycles. The van der Waals surface area contributed by atoms with Gasteiger partial charge in [-0.15, -0.1) is 0 Å². The smallest absolute Gasteiger partial charge is 0.0471 e. The molecule has 2 unspecified atom stereocenters. The second kappa shape index (κ2) is 6.25. The minimum atomic E-state index is 0.545. The molecule has 0 saturated carbocycles. The molecule has 2 aliphatic heterocycles. The predicted octanol–water partition coefficient (Wildman–Crippen LogP) is 2.53. The van der Waals surface area contributed by atoms with Crippen molar-refractivity contribution in [1.29, 1.82) is 0 Å². The van der Waals surface area contributed by atoms with Crippen LogP contribution in [0.4, 0.5) is 0 Å². The maximum Gasteiger partial charge on any atom is 0.0471 e. The third kappa shape index (κ3) is 2.90.